The number of rotatable bonds is 1. The number of halogens is 1. The molecule has 0 saturated heterocycles. The van der Waals surface area contributed by atoms with Crippen molar-refractivity contribution < 1.29 is 14.7 Å². The van der Waals surface area contributed by atoms with Crippen LogP contribution in [0.4, 0.5) is 0 Å². The fourth-order valence-electron chi connectivity index (χ4n) is 1.33. The van der Waals surface area contributed by atoms with Gasteiger partial charge in [-0.2, -0.15) is 5.10 Å². The van der Waals surface area contributed by atoms with Gasteiger partial charge < -0.3 is 5.11 Å². The number of carboxylic acids is 1. The van der Waals surface area contributed by atoms with Gasteiger partial charge in [0.25, 0.3) is 0 Å². The fraction of sp³-hybridized carbons (Fsp3) is 0.111. The smallest absolute Gasteiger partial charge is 0.360 e. The van der Waals surface area contributed by atoms with E-state index in [9.17, 15) is 9.59 Å². The van der Waals surface area contributed by atoms with Crippen molar-refractivity contribution in [3.8, 4) is 0 Å². The minimum atomic E-state index is -1.34. The molecule has 1 N–H and O–H groups in total. The molecule has 1 unspecified atom stereocenters. The van der Waals surface area contributed by atoms with Crippen LogP contribution in [0.15, 0.2) is 32.9 Å². The number of allylic oxidation sites excluding steroid dienone is 4. The van der Waals surface area contributed by atoms with Gasteiger partial charge in [-0.3, -0.25) is 4.79 Å². The SMILES string of the molecule is O=C(O)C1=NN=C2C=C(Br)C=CC2C1=O. The Kier molecular flexibility index (Phi) is 2.36. The Morgan fingerprint density at radius 1 is 1.47 bits per heavy atom. The summed E-state index contributed by atoms with van der Waals surface area (Å²) in [6.07, 6.45) is 4.93. The summed E-state index contributed by atoms with van der Waals surface area (Å²) in [6, 6.07) is 0. The molecule has 1 atom stereocenters. The zero-order valence-corrected chi connectivity index (χ0v) is 8.93. The lowest BCUT2D eigenvalue weighted by Gasteiger charge is -2.17. The number of carbonyl (C=O) groups is 2. The molecular formula is C9H5BrN2O3. The van der Waals surface area contributed by atoms with E-state index in [4.69, 9.17) is 5.11 Å². The third-order valence-electron chi connectivity index (χ3n) is 2.04. The quantitative estimate of drug-likeness (QED) is 0.768. The molecule has 0 aromatic rings. The van der Waals surface area contributed by atoms with E-state index < -0.39 is 23.4 Å². The number of aliphatic carboxylic acids is 1. The minimum absolute atomic E-state index is 0.458. The molecule has 1 aliphatic heterocycles. The molecule has 1 heterocycles. The van der Waals surface area contributed by atoms with Gasteiger partial charge in [0.15, 0.2) is 0 Å². The standard InChI is InChI=1S/C9H5BrN2O3/c10-4-1-2-5-6(3-4)11-12-7(8(5)13)9(14)15/h1-3,5H,(H,14,15). The second-order valence-corrected chi connectivity index (χ2v) is 3.92. The summed E-state index contributed by atoms with van der Waals surface area (Å²) in [6.45, 7) is 0. The van der Waals surface area contributed by atoms with Crippen LogP contribution in [0.3, 0.4) is 0 Å². The average Bonchev–Trinajstić information content (AvgIpc) is 2.17. The van der Waals surface area contributed by atoms with Crippen LogP contribution in [0.25, 0.3) is 0 Å². The Morgan fingerprint density at radius 3 is 2.87 bits per heavy atom. The first-order chi connectivity index (χ1) is 7.09. The van der Waals surface area contributed by atoms with E-state index >= 15 is 0 Å². The van der Waals surface area contributed by atoms with Gasteiger partial charge in [-0.1, -0.05) is 28.1 Å². The zero-order chi connectivity index (χ0) is 11.0. The highest BCUT2D eigenvalue weighted by atomic mass is 79.9. The van der Waals surface area contributed by atoms with Crippen LogP contribution in [0.5, 0.6) is 0 Å². The van der Waals surface area contributed by atoms with Crippen LogP contribution in [0, 0.1) is 5.92 Å². The summed E-state index contributed by atoms with van der Waals surface area (Å²) in [5.41, 5.74) is -0.0563. The monoisotopic (exact) mass is 268 g/mol. The molecule has 0 aromatic heterocycles. The number of Topliss-reactive ketones (excluding diaryl/α,β-unsaturated/α-hetero) is 1. The maximum absolute atomic E-state index is 11.6. The van der Waals surface area contributed by atoms with Gasteiger partial charge in [-0.25, -0.2) is 4.79 Å². The summed E-state index contributed by atoms with van der Waals surface area (Å²) in [4.78, 5) is 22.3. The first-order valence-corrected chi connectivity index (χ1v) is 4.87. The van der Waals surface area contributed by atoms with Crippen molar-refractivity contribution in [2.45, 2.75) is 0 Å². The highest BCUT2D eigenvalue weighted by Gasteiger charge is 2.33. The Bertz CT molecular complexity index is 474. The summed E-state index contributed by atoms with van der Waals surface area (Å²) in [5, 5.41) is 15.8. The molecule has 15 heavy (non-hydrogen) atoms. The number of carbonyl (C=O) groups excluding carboxylic acids is 1. The Labute approximate surface area is 93.0 Å². The van der Waals surface area contributed by atoms with Gasteiger partial charge in [0.1, 0.15) is 0 Å². The lowest BCUT2D eigenvalue weighted by Crippen LogP contribution is -2.36. The molecule has 6 heteroatoms. The number of ketones is 1. The molecular weight excluding hydrogens is 264 g/mol. The molecule has 0 radical (unpaired) electrons. The minimum Gasteiger partial charge on any atom is -0.476 e. The second kappa shape index (κ2) is 3.54. The second-order valence-electron chi connectivity index (χ2n) is 3.01. The summed E-state index contributed by atoms with van der Waals surface area (Å²) < 4.78 is 0.777. The van der Waals surface area contributed by atoms with Gasteiger partial charge in [0.05, 0.1) is 11.6 Å². The molecule has 2 aliphatic rings. The molecule has 2 rings (SSSR count). The van der Waals surface area contributed by atoms with Gasteiger partial charge in [-0.15, -0.1) is 5.10 Å². The summed E-state index contributed by atoms with van der Waals surface area (Å²) in [5.74, 6) is -2.49. The van der Waals surface area contributed by atoms with E-state index in [0.717, 1.165) is 4.48 Å². The number of nitrogens with zero attached hydrogens (tertiary/aromatic N) is 2. The molecule has 5 nitrogen and oxygen atoms in total. The Hall–Kier alpha value is -1.56. The first kappa shape index (κ1) is 9.97. The van der Waals surface area contributed by atoms with Crippen molar-refractivity contribution in [2.24, 2.45) is 16.1 Å². The number of hydrogen-bond donors (Lipinski definition) is 1. The van der Waals surface area contributed by atoms with Gasteiger partial charge in [0, 0.05) is 4.48 Å². The molecule has 0 spiro atoms. The van der Waals surface area contributed by atoms with Gasteiger partial charge in [-0.05, 0) is 6.08 Å². The van der Waals surface area contributed by atoms with E-state index in [2.05, 4.69) is 26.1 Å². The topological polar surface area (TPSA) is 79.1 Å². The normalized spacial score (nSPS) is 23.9. The Morgan fingerprint density at radius 2 is 2.20 bits per heavy atom. The third kappa shape index (κ3) is 1.68. The van der Waals surface area contributed by atoms with E-state index in [1.807, 2.05) is 0 Å². The highest BCUT2D eigenvalue weighted by molar-refractivity contribution is 9.11. The van der Waals surface area contributed by atoms with E-state index in [1.165, 1.54) is 0 Å². The van der Waals surface area contributed by atoms with E-state index in [0.29, 0.717) is 5.71 Å². The predicted molar refractivity (Wildman–Crippen MR) is 57.2 cm³/mol. The predicted octanol–water partition coefficient (Wildman–Crippen LogP) is 0.916. The highest BCUT2D eigenvalue weighted by Crippen LogP contribution is 2.22. The number of carboxylic acid groups (broad SMARTS) is 1. The van der Waals surface area contributed by atoms with Gasteiger partial charge in [0.2, 0.25) is 11.5 Å². The van der Waals surface area contributed by atoms with Crippen molar-refractivity contribution in [1.82, 2.24) is 0 Å². The lowest BCUT2D eigenvalue weighted by molar-refractivity contribution is -0.130. The molecule has 0 bridgehead atoms. The maximum atomic E-state index is 11.6. The van der Waals surface area contributed by atoms with Crippen LogP contribution < -0.4 is 0 Å². The van der Waals surface area contributed by atoms with Crippen LogP contribution in [-0.4, -0.2) is 28.3 Å². The van der Waals surface area contributed by atoms with Crippen LogP contribution >= 0.6 is 15.9 Å². The van der Waals surface area contributed by atoms with Crippen LogP contribution in [0.1, 0.15) is 0 Å². The third-order valence-corrected chi connectivity index (χ3v) is 2.53. The van der Waals surface area contributed by atoms with E-state index in [1.54, 1.807) is 18.2 Å². The Balaban J connectivity index is 2.45. The van der Waals surface area contributed by atoms with Crippen LogP contribution in [0.2, 0.25) is 0 Å². The van der Waals surface area contributed by atoms with Crippen molar-refractivity contribution in [2.75, 3.05) is 0 Å². The summed E-state index contributed by atoms with van der Waals surface area (Å²) in [7, 11) is 0. The maximum Gasteiger partial charge on any atom is 0.360 e. The number of hydrogen-bond acceptors (Lipinski definition) is 4. The molecule has 0 aromatic carbocycles. The van der Waals surface area contributed by atoms with Crippen molar-refractivity contribution in [1.29, 1.82) is 0 Å². The van der Waals surface area contributed by atoms with E-state index in [-0.39, 0.29) is 0 Å². The molecule has 76 valence electrons. The van der Waals surface area contributed by atoms with Crippen LogP contribution in [-0.2, 0) is 9.59 Å². The van der Waals surface area contributed by atoms with Crippen molar-refractivity contribution in [3.05, 3.63) is 22.7 Å². The summed E-state index contributed by atoms with van der Waals surface area (Å²) >= 11 is 3.23. The lowest BCUT2D eigenvalue weighted by atomic mass is 9.91. The molecule has 0 amide bonds. The number of fused-ring (bicyclic) bond motifs is 1. The van der Waals surface area contributed by atoms with Crippen molar-refractivity contribution in [3.63, 3.8) is 0 Å². The molecule has 0 saturated carbocycles. The molecule has 0 fully saturated rings. The fourth-order valence-corrected chi connectivity index (χ4v) is 1.72. The zero-order valence-electron chi connectivity index (χ0n) is 7.35. The first-order valence-electron chi connectivity index (χ1n) is 4.08. The molecule has 1 aliphatic carbocycles. The van der Waals surface area contributed by atoms with Gasteiger partial charge >= 0.3 is 5.97 Å². The largest absolute Gasteiger partial charge is 0.476 e. The average molecular weight is 269 g/mol. The van der Waals surface area contributed by atoms with Crippen molar-refractivity contribution >= 4 is 39.1 Å².